The van der Waals surface area contributed by atoms with Crippen LogP contribution >= 0.6 is 49.6 Å². The number of amides is 1. The van der Waals surface area contributed by atoms with E-state index in [0.29, 0.717) is 90.3 Å². The Morgan fingerprint density at radius 1 is 0.515 bits per heavy atom. The van der Waals surface area contributed by atoms with Gasteiger partial charge in [-0.1, -0.05) is 71.3 Å². The summed E-state index contributed by atoms with van der Waals surface area (Å²) in [4.78, 5) is 71.2. The maximum absolute atomic E-state index is 12.0. The average Bonchev–Trinajstić information content (AvgIpc) is 1.67. The number of rotatable bonds is 13. The molecule has 6 aliphatic rings. The van der Waals surface area contributed by atoms with Gasteiger partial charge in [0.25, 0.3) is 0 Å². The second kappa shape index (κ2) is 48.2. The molecule has 6 unspecified atom stereocenters. The van der Waals surface area contributed by atoms with Gasteiger partial charge in [-0.25, -0.2) is 24.2 Å². The van der Waals surface area contributed by atoms with Crippen LogP contribution in [0.25, 0.3) is 18.2 Å². The molecule has 3 aromatic carbocycles. The molecular formula is C74H105BCl4N8NaO11. The van der Waals surface area contributed by atoms with E-state index in [1.807, 2.05) is 114 Å². The molecule has 7 N–H and O–H groups in total. The number of nitriles is 3. The maximum atomic E-state index is 12.0. The summed E-state index contributed by atoms with van der Waals surface area (Å²) in [6.07, 6.45) is 22.3. The third kappa shape index (κ3) is 41.1. The smallest absolute Gasteiger partial charge is 0.793 e. The quantitative estimate of drug-likeness (QED) is 0.0460. The summed E-state index contributed by atoms with van der Waals surface area (Å²) in [6, 6.07) is 33.0. The minimum Gasteiger partial charge on any atom is -0.793 e. The molecule has 1 amide bonds. The Kier molecular flexibility index (Phi) is 46.4. The van der Waals surface area contributed by atoms with Gasteiger partial charge < -0.3 is 49.6 Å². The Hall–Kier alpha value is -5.77. The summed E-state index contributed by atoms with van der Waals surface area (Å²) in [5, 5.41) is 36.8. The van der Waals surface area contributed by atoms with Crippen molar-refractivity contribution in [3.8, 4) is 18.2 Å². The van der Waals surface area contributed by atoms with Crippen molar-refractivity contribution >= 4 is 112 Å². The molecule has 6 aliphatic carbocycles. The van der Waals surface area contributed by atoms with Crippen molar-refractivity contribution in [1.29, 1.82) is 15.8 Å². The van der Waals surface area contributed by atoms with Gasteiger partial charge in [0, 0.05) is 82.3 Å². The number of ether oxygens (including phenoxy) is 2. The number of nitrogens with zero attached hydrogens (tertiary/aromatic N) is 3. The number of halogens is 4. The number of hydrogen-bond acceptors (Lipinski definition) is 18. The Morgan fingerprint density at radius 3 is 1.15 bits per heavy atom. The van der Waals surface area contributed by atoms with Crippen LogP contribution in [0.1, 0.15) is 219 Å². The summed E-state index contributed by atoms with van der Waals surface area (Å²) in [6.45, 7) is 21.3. The minimum absolute atomic E-state index is 0. The zero-order valence-electron chi connectivity index (χ0n) is 60.0. The zero-order chi connectivity index (χ0) is 69.7. The van der Waals surface area contributed by atoms with Gasteiger partial charge >= 0.3 is 53.6 Å². The summed E-state index contributed by atoms with van der Waals surface area (Å²) in [5.41, 5.74) is 20.7. The normalized spacial score (nSPS) is 22.5. The van der Waals surface area contributed by atoms with Gasteiger partial charge in [0.05, 0.1) is 34.9 Å². The topological polar surface area (TPSA) is 308 Å². The molecule has 6 fully saturated rings. The van der Waals surface area contributed by atoms with E-state index in [-0.39, 0.29) is 109 Å². The molecule has 0 aliphatic heterocycles. The number of nitrogens with one attached hydrogen (secondary N) is 3. The van der Waals surface area contributed by atoms with Crippen molar-refractivity contribution in [2.45, 2.75) is 239 Å². The van der Waals surface area contributed by atoms with Gasteiger partial charge in [-0.15, -0.1) is 49.6 Å². The van der Waals surface area contributed by atoms with E-state index in [0.717, 1.165) is 88.3 Å². The molecule has 0 spiro atoms. The summed E-state index contributed by atoms with van der Waals surface area (Å²) < 4.78 is 14.2. The number of Topliss-reactive ketones (excluding diaryl/α,β-unsaturated/α-hetero) is 1. The first-order valence-electron chi connectivity index (χ1n) is 32.9. The molecule has 0 saturated heterocycles. The fourth-order valence-corrected chi connectivity index (χ4v) is 11.3. The van der Waals surface area contributed by atoms with Crippen LogP contribution in [0.2, 0.25) is 0 Å². The number of ketones is 1. The van der Waals surface area contributed by atoms with Crippen LogP contribution < -0.4 is 57.0 Å². The van der Waals surface area contributed by atoms with Crippen molar-refractivity contribution in [3.63, 3.8) is 0 Å². The third-order valence-corrected chi connectivity index (χ3v) is 16.6. The largest absolute Gasteiger partial charge is 1.00 e. The van der Waals surface area contributed by atoms with Crippen LogP contribution in [0.15, 0.2) is 89.5 Å². The van der Waals surface area contributed by atoms with Crippen molar-refractivity contribution in [1.82, 2.24) is 16.0 Å². The van der Waals surface area contributed by atoms with Crippen LogP contribution in [0.5, 0.6) is 0 Å². The summed E-state index contributed by atoms with van der Waals surface area (Å²) >= 11 is 0. The van der Waals surface area contributed by atoms with E-state index < -0.39 is 23.5 Å². The molecule has 9 rings (SSSR count). The molecule has 3 aromatic rings. The number of benzene rings is 3. The maximum Gasteiger partial charge on any atom is 1.00 e. The van der Waals surface area contributed by atoms with Gasteiger partial charge in [-0.05, 0) is 223 Å². The predicted molar refractivity (Wildman–Crippen MR) is 394 cm³/mol. The van der Waals surface area contributed by atoms with Gasteiger partial charge in [0.15, 0.2) is 0 Å². The molecule has 0 bridgehead atoms. The molecule has 3 radical (unpaired) electrons. The van der Waals surface area contributed by atoms with Gasteiger partial charge in [-0.2, -0.15) is 15.8 Å². The first-order valence-corrected chi connectivity index (χ1v) is 32.9. The van der Waals surface area contributed by atoms with Crippen LogP contribution in [-0.2, 0) is 47.9 Å². The van der Waals surface area contributed by atoms with Crippen LogP contribution in [0.3, 0.4) is 0 Å². The van der Waals surface area contributed by atoms with Gasteiger partial charge in [0.2, 0.25) is 5.97 Å². The first kappa shape index (κ1) is 95.3. The molecule has 6 atom stereocenters. The fourth-order valence-electron chi connectivity index (χ4n) is 11.3. The van der Waals surface area contributed by atoms with Crippen molar-refractivity contribution in [2.24, 2.45) is 35.1 Å². The molecule has 6 saturated carbocycles. The standard InChI is InChI=1S/C25H34N2O2.C19H25N3.C13H14N2.C11H19NO3.C4H6O4.C2H3BO2.4ClH.Na/c1-17(13-18-5-7-20(16-26)8-6-18)22-15-23(22)27-21-11-9-19(10-12-21)14-24(28)29-25(2,3)4;1-13(10-14-2-4-15(12-20)5-3-14)18-11-19(18)22-17-8-6-16(21)7-9-17;1-9(12-7-13(12)15)6-10-2-4-11(8-14)5-3-10;1-11(2,3)15-10(14)12-8-4-6-9(13)7-5-8;1-3(5)7-8-4(2)6;1-2(4)5-3;;;;;/h5-8,13,19,21-23,27H,9-12,14-15H2,1-4H3;2-5,10,16-19,22H,6-9,11,21H2,1H3;2-6,12-13H,7,15H2,1H3;8H,4-7H2,1-3H3,(H,12,14);1-2H3;1H3;4*1H;/q;;;;;-1;;;;;+1. The SMILES string of the molecule is CC(=Cc1ccc(C#N)cc1)C1CC1N.CC(=Cc1ccc(C#N)cc1)C1CC1NC1CCC(CC(=O)OC(C)(C)C)CC1.CC(=Cc1ccc(C#N)cc1)C1CC1NC1CCC(N)CC1.CC(=O)OOC(C)=O.CC(C)(C)OC(=O)NC1CCC(=O)CC1.Cl.Cl.Cl.Cl.[B-]OC(C)=O.[Na+]. The molecular weight excluding hydrogens is 1350 g/mol. The predicted octanol–water partition coefficient (Wildman–Crippen LogP) is 11.1. The van der Waals surface area contributed by atoms with Crippen LogP contribution in [-0.4, -0.2) is 97.3 Å². The van der Waals surface area contributed by atoms with E-state index in [4.69, 9.17) is 36.7 Å². The second-order valence-corrected chi connectivity index (χ2v) is 27.4. The second-order valence-electron chi connectivity index (χ2n) is 27.4. The molecule has 539 valence electrons. The van der Waals surface area contributed by atoms with Crippen LogP contribution in [0, 0.1) is 57.7 Å². The van der Waals surface area contributed by atoms with E-state index in [9.17, 15) is 28.8 Å². The summed E-state index contributed by atoms with van der Waals surface area (Å²) in [5.74, 6) is 0.815. The number of alkyl carbamates (subject to hydrolysis) is 1. The molecule has 19 nitrogen and oxygen atoms in total. The number of carbonyl (C=O) groups is 6. The number of carbonyl (C=O) groups excluding carboxylic acids is 6. The molecule has 25 heteroatoms. The Bertz CT molecular complexity index is 3180. The Morgan fingerprint density at radius 2 is 0.848 bits per heavy atom. The van der Waals surface area contributed by atoms with E-state index in [1.54, 1.807) is 0 Å². The van der Waals surface area contributed by atoms with E-state index in [1.165, 1.54) is 54.9 Å². The average molecular weight is 1460 g/mol. The zero-order valence-corrected chi connectivity index (χ0v) is 65.3. The van der Waals surface area contributed by atoms with Gasteiger partial charge in [-0.3, -0.25) is 14.4 Å². The Labute approximate surface area is 636 Å². The Balaban J connectivity index is 0. The molecule has 0 heterocycles. The van der Waals surface area contributed by atoms with Crippen LogP contribution in [0.4, 0.5) is 4.79 Å². The monoisotopic (exact) mass is 1460 g/mol. The molecule has 99 heavy (non-hydrogen) atoms. The van der Waals surface area contributed by atoms with E-state index in [2.05, 4.69) is 95.6 Å². The van der Waals surface area contributed by atoms with E-state index >= 15 is 0 Å². The van der Waals surface area contributed by atoms with Crippen molar-refractivity contribution < 1.29 is 82.2 Å². The third-order valence-electron chi connectivity index (χ3n) is 16.6. The van der Waals surface area contributed by atoms with Crippen molar-refractivity contribution in [2.75, 3.05) is 0 Å². The summed E-state index contributed by atoms with van der Waals surface area (Å²) in [7, 11) is 4.32. The fraction of sp³-hybridized carbons (Fsp3) is 0.554. The minimum atomic E-state index is -0.639. The number of esters is 1. The number of hydrogen-bond donors (Lipinski definition) is 5. The van der Waals surface area contributed by atoms with Crippen molar-refractivity contribution in [3.05, 3.63) is 123 Å². The first-order chi connectivity index (χ1) is 44.3. The van der Waals surface area contributed by atoms with Gasteiger partial charge in [0.1, 0.15) is 17.0 Å². The molecule has 0 aromatic heterocycles. The number of nitrogens with two attached hydrogens (primary N) is 2.